The van der Waals surface area contributed by atoms with Crippen LogP contribution < -0.4 is 15.0 Å². The van der Waals surface area contributed by atoms with Crippen molar-refractivity contribution >= 4 is 16.5 Å². The molecule has 1 N–H and O–H groups in total. The number of hydrogen-bond donors (Lipinski definition) is 1. The van der Waals surface area contributed by atoms with Gasteiger partial charge in [0.05, 0.1) is 25.3 Å². The van der Waals surface area contributed by atoms with Crippen LogP contribution in [0.2, 0.25) is 0 Å². The monoisotopic (exact) mass is 518 g/mol. The quantitative estimate of drug-likeness (QED) is 0.406. The third kappa shape index (κ3) is 4.79. The molecule has 9 nitrogen and oxygen atoms in total. The Labute approximate surface area is 219 Å². The first-order valence-corrected chi connectivity index (χ1v) is 12.5. The lowest BCUT2D eigenvalue weighted by molar-refractivity contribution is 0.219. The third-order valence-electron chi connectivity index (χ3n) is 6.87. The Morgan fingerprint density at radius 2 is 1.76 bits per heavy atom. The summed E-state index contributed by atoms with van der Waals surface area (Å²) in [5, 5.41) is 13.5. The van der Waals surface area contributed by atoms with Crippen LogP contribution in [0.25, 0.3) is 16.5 Å². The molecule has 10 heteroatoms. The number of aromatic amines is 1. The minimum absolute atomic E-state index is 0.230. The van der Waals surface area contributed by atoms with E-state index in [1.54, 1.807) is 37.1 Å². The molecule has 1 atom stereocenters. The molecular weight excluding hydrogens is 487 g/mol. The number of nitrogens with zero attached hydrogens (tertiary/aromatic N) is 5. The van der Waals surface area contributed by atoms with E-state index in [1.165, 1.54) is 12.1 Å². The Kier molecular flexibility index (Phi) is 6.75. The molecule has 0 fully saturated rings. The van der Waals surface area contributed by atoms with Gasteiger partial charge in [-0.3, -0.25) is 9.69 Å². The summed E-state index contributed by atoms with van der Waals surface area (Å²) in [5.74, 6) is 1.43. The van der Waals surface area contributed by atoms with Gasteiger partial charge in [0.1, 0.15) is 11.9 Å². The van der Waals surface area contributed by atoms with Gasteiger partial charge in [-0.25, -0.2) is 9.07 Å². The molecule has 0 bridgehead atoms. The van der Waals surface area contributed by atoms with Crippen molar-refractivity contribution in [3.05, 3.63) is 81.7 Å². The zero-order valence-electron chi connectivity index (χ0n) is 22.2. The van der Waals surface area contributed by atoms with E-state index in [-0.39, 0.29) is 11.4 Å². The number of halogens is 1. The molecule has 1 aliphatic rings. The van der Waals surface area contributed by atoms with E-state index in [1.807, 2.05) is 32.9 Å². The first kappa shape index (κ1) is 25.6. The van der Waals surface area contributed by atoms with E-state index in [4.69, 9.17) is 9.47 Å². The van der Waals surface area contributed by atoms with Gasteiger partial charge in [0.15, 0.2) is 17.3 Å². The van der Waals surface area contributed by atoms with Crippen LogP contribution >= 0.6 is 0 Å². The second-order valence-electron chi connectivity index (χ2n) is 10.4. The first-order chi connectivity index (χ1) is 18.2. The molecule has 198 valence electrons. The molecule has 1 aliphatic heterocycles. The summed E-state index contributed by atoms with van der Waals surface area (Å²) in [6.07, 6.45) is 2.85. The third-order valence-corrected chi connectivity index (χ3v) is 6.87. The molecule has 0 spiro atoms. The summed E-state index contributed by atoms with van der Waals surface area (Å²) in [5.41, 5.74) is 2.67. The fourth-order valence-electron chi connectivity index (χ4n) is 4.94. The zero-order valence-corrected chi connectivity index (χ0v) is 22.2. The smallest absolute Gasteiger partial charge is 0.253 e. The van der Waals surface area contributed by atoms with Crippen LogP contribution in [0.5, 0.6) is 11.5 Å². The molecule has 0 aliphatic carbocycles. The first-order valence-electron chi connectivity index (χ1n) is 12.5. The van der Waals surface area contributed by atoms with Crippen molar-refractivity contribution in [1.29, 1.82) is 0 Å². The number of benzene rings is 2. The Balaban J connectivity index is 1.62. The SMILES string of the molecule is COc1cc2cc([C@@H](c3nnnn3C(C)(C)C)N3CC=C(c4ccc(F)cc4)CC3)c(=O)[nH]c2cc1OC. The van der Waals surface area contributed by atoms with Gasteiger partial charge in [-0.05, 0) is 73.0 Å². The molecule has 0 amide bonds. The van der Waals surface area contributed by atoms with Crippen molar-refractivity contribution in [2.24, 2.45) is 0 Å². The van der Waals surface area contributed by atoms with Gasteiger partial charge in [0.2, 0.25) is 0 Å². The Hall–Kier alpha value is -4.05. The van der Waals surface area contributed by atoms with Gasteiger partial charge in [0.25, 0.3) is 5.56 Å². The normalized spacial score (nSPS) is 15.4. The van der Waals surface area contributed by atoms with Gasteiger partial charge in [0, 0.05) is 30.1 Å². The van der Waals surface area contributed by atoms with E-state index in [9.17, 15) is 9.18 Å². The van der Waals surface area contributed by atoms with Crippen molar-refractivity contribution < 1.29 is 13.9 Å². The maximum Gasteiger partial charge on any atom is 0.253 e. The number of nitrogens with one attached hydrogen (secondary N) is 1. The largest absolute Gasteiger partial charge is 0.493 e. The fourth-order valence-corrected chi connectivity index (χ4v) is 4.94. The molecule has 0 saturated heterocycles. The number of fused-ring (bicyclic) bond motifs is 1. The van der Waals surface area contributed by atoms with Crippen molar-refractivity contribution in [3.8, 4) is 11.5 Å². The maximum atomic E-state index is 13.6. The molecule has 0 radical (unpaired) electrons. The summed E-state index contributed by atoms with van der Waals surface area (Å²) in [6.45, 7) is 7.30. The van der Waals surface area contributed by atoms with E-state index in [2.05, 4.69) is 31.5 Å². The molecule has 3 heterocycles. The lowest BCUT2D eigenvalue weighted by atomic mass is 9.96. The predicted molar refractivity (Wildman–Crippen MR) is 143 cm³/mol. The van der Waals surface area contributed by atoms with Crippen LogP contribution in [-0.4, -0.2) is 57.4 Å². The number of ether oxygens (including phenoxy) is 2. The minimum atomic E-state index is -0.503. The van der Waals surface area contributed by atoms with E-state index >= 15 is 0 Å². The number of tetrazole rings is 1. The molecule has 4 aromatic rings. The molecule has 0 saturated carbocycles. The maximum absolute atomic E-state index is 13.6. The van der Waals surface area contributed by atoms with Crippen molar-refractivity contribution in [3.63, 3.8) is 0 Å². The van der Waals surface area contributed by atoms with Crippen LogP contribution in [0.15, 0.2) is 53.3 Å². The molecule has 2 aromatic carbocycles. The van der Waals surface area contributed by atoms with Gasteiger partial charge >= 0.3 is 0 Å². The van der Waals surface area contributed by atoms with Crippen molar-refractivity contribution in [2.45, 2.75) is 38.8 Å². The Morgan fingerprint density at radius 3 is 2.39 bits per heavy atom. The lowest BCUT2D eigenvalue weighted by Gasteiger charge is -2.34. The number of H-pyrrole nitrogens is 1. The standard InChI is InChI=1S/C28H31FN6O3/c1-28(2,3)35-26(31-32-33-35)25(34-12-10-18(11-13-34)17-6-8-20(29)9-7-17)21-14-19-15-23(37-4)24(38-5)16-22(19)30-27(21)36/h6-10,14-16,25H,11-13H2,1-5H3,(H,30,36)/t25-/m0/s1. The number of aromatic nitrogens is 5. The van der Waals surface area contributed by atoms with Gasteiger partial charge in [-0.1, -0.05) is 18.2 Å². The summed E-state index contributed by atoms with van der Waals surface area (Å²) in [7, 11) is 3.14. The van der Waals surface area contributed by atoms with Crippen LogP contribution in [-0.2, 0) is 5.54 Å². The topological polar surface area (TPSA) is 98.2 Å². The second-order valence-corrected chi connectivity index (χ2v) is 10.4. The van der Waals surface area contributed by atoms with Gasteiger partial charge < -0.3 is 14.5 Å². The Bertz CT molecular complexity index is 1550. The predicted octanol–water partition coefficient (Wildman–Crippen LogP) is 4.30. The van der Waals surface area contributed by atoms with Gasteiger partial charge in [-0.2, -0.15) is 0 Å². The fraction of sp³-hybridized carbons (Fsp3) is 0.357. The summed E-state index contributed by atoms with van der Waals surface area (Å²) >= 11 is 0. The highest BCUT2D eigenvalue weighted by atomic mass is 19.1. The van der Waals surface area contributed by atoms with E-state index in [0.717, 1.165) is 22.9 Å². The summed E-state index contributed by atoms with van der Waals surface area (Å²) in [6, 6.07) is 11.5. The molecule has 5 rings (SSSR count). The molecule has 2 aromatic heterocycles. The van der Waals surface area contributed by atoms with Crippen LogP contribution in [0, 0.1) is 5.82 Å². The highest BCUT2D eigenvalue weighted by Crippen LogP contribution is 2.35. The zero-order chi connectivity index (χ0) is 27.0. The minimum Gasteiger partial charge on any atom is -0.493 e. The van der Waals surface area contributed by atoms with Crippen LogP contribution in [0.4, 0.5) is 4.39 Å². The molecular formula is C28H31FN6O3. The number of methoxy groups -OCH3 is 2. The van der Waals surface area contributed by atoms with Crippen LogP contribution in [0.1, 0.15) is 50.2 Å². The number of rotatable bonds is 6. The summed E-state index contributed by atoms with van der Waals surface area (Å²) < 4.78 is 26.1. The van der Waals surface area contributed by atoms with E-state index < -0.39 is 11.6 Å². The summed E-state index contributed by atoms with van der Waals surface area (Å²) in [4.78, 5) is 18.8. The number of hydrogen-bond acceptors (Lipinski definition) is 7. The lowest BCUT2D eigenvalue weighted by Crippen LogP contribution is -2.39. The van der Waals surface area contributed by atoms with Crippen LogP contribution in [0.3, 0.4) is 0 Å². The Morgan fingerprint density at radius 1 is 1.05 bits per heavy atom. The van der Waals surface area contributed by atoms with E-state index in [0.29, 0.717) is 41.5 Å². The average Bonchev–Trinajstić information content (AvgIpc) is 3.40. The highest BCUT2D eigenvalue weighted by Gasteiger charge is 2.34. The second kappa shape index (κ2) is 10.0. The van der Waals surface area contributed by atoms with Gasteiger partial charge in [-0.15, -0.1) is 5.10 Å². The number of pyridine rings is 1. The highest BCUT2D eigenvalue weighted by molar-refractivity contribution is 5.83. The van der Waals surface area contributed by atoms with Crippen molar-refractivity contribution in [1.82, 2.24) is 30.1 Å². The van der Waals surface area contributed by atoms with Crippen molar-refractivity contribution in [2.75, 3.05) is 27.3 Å². The molecule has 38 heavy (non-hydrogen) atoms. The molecule has 0 unspecified atom stereocenters. The average molecular weight is 519 g/mol.